The molecule has 3 heterocycles. The van der Waals surface area contributed by atoms with Gasteiger partial charge in [-0.3, -0.25) is 0 Å². The molecule has 1 aliphatic heterocycles. The highest BCUT2D eigenvalue weighted by atomic mass is 16.4. The number of anilines is 2. The summed E-state index contributed by atoms with van der Waals surface area (Å²) in [5, 5.41) is 4.98. The predicted octanol–water partition coefficient (Wildman–Crippen LogP) is 5.45. The quantitative estimate of drug-likeness (QED) is 0.367. The van der Waals surface area contributed by atoms with Gasteiger partial charge in [0.05, 0.1) is 28.4 Å². The fraction of sp³-hybridized carbons (Fsp3) is 0.0769. The van der Waals surface area contributed by atoms with Gasteiger partial charge in [-0.1, -0.05) is 54.1 Å². The van der Waals surface area contributed by atoms with Crippen molar-refractivity contribution in [2.45, 2.75) is 12.8 Å². The standard InChI is InChI=1S/C26H17NO4/c1-14-10-12-15(13-11-14)20-21-23(16-6-2-4-8-18(16)30-25(21)28)27-24-17-7-3-5-9-19(17)31-26(29)22(20)24/h2-13,20,27H,1H3. The van der Waals surface area contributed by atoms with Crippen LogP contribution in [0.2, 0.25) is 0 Å². The maximum absolute atomic E-state index is 13.2. The van der Waals surface area contributed by atoms with Crippen LogP contribution in [0.1, 0.15) is 28.2 Å². The molecule has 0 radical (unpaired) electrons. The van der Waals surface area contributed by atoms with E-state index in [2.05, 4.69) is 5.32 Å². The number of hydrogen-bond acceptors (Lipinski definition) is 5. The summed E-state index contributed by atoms with van der Waals surface area (Å²) < 4.78 is 11.3. The van der Waals surface area contributed by atoms with E-state index in [1.54, 1.807) is 12.1 Å². The number of benzene rings is 3. The minimum absolute atomic E-state index is 0.414. The van der Waals surface area contributed by atoms with Gasteiger partial charge in [0.1, 0.15) is 11.2 Å². The fourth-order valence-corrected chi connectivity index (χ4v) is 4.48. The van der Waals surface area contributed by atoms with Gasteiger partial charge in [-0.2, -0.15) is 0 Å². The van der Waals surface area contributed by atoms with Crippen LogP contribution in [0.4, 0.5) is 11.4 Å². The molecule has 150 valence electrons. The fourth-order valence-electron chi connectivity index (χ4n) is 4.48. The van der Waals surface area contributed by atoms with Gasteiger partial charge >= 0.3 is 11.3 Å². The normalized spacial score (nSPS) is 13.1. The minimum atomic E-state index is -0.603. The van der Waals surface area contributed by atoms with Gasteiger partial charge in [0.2, 0.25) is 0 Å². The lowest BCUT2D eigenvalue weighted by atomic mass is 9.81. The van der Waals surface area contributed by atoms with Gasteiger partial charge in [0, 0.05) is 10.8 Å². The third-order valence-electron chi connectivity index (χ3n) is 5.93. The van der Waals surface area contributed by atoms with Crippen LogP contribution < -0.4 is 16.6 Å². The first-order valence-corrected chi connectivity index (χ1v) is 10.1. The molecule has 31 heavy (non-hydrogen) atoms. The molecule has 0 amide bonds. The molecule has 0 fully saturated rings. The van der Waals surface area contributed by atoms with Crippen molar-refractivity contribution >= 4 is 33.3 Å². The molecule has 0 bridgehead atoms. The molecule has 2 aromatic heterocycles. The van der Waals surface area contributed by atoms with E-state index in [4.69, 9.17) is 8.83 Å². The van der Waals surface area contributed by atoms with E-state index < -0.39 is 17.2 Å². The Bertz CT molecular complexity index is 1510. The van der Waals surface area contributed by atoms with E-state index in [1.807, 2.05) is 67.6 Å². The lowest BCUT2D eigenvalue weighted by Gasteiger charge is -2.29. The van der Waals surface area contributed by atoms with Crippen molar-refractivity contribution in [1.82, 2.24) is 0 Å². The number of fused-ring (bicyclic) bond motifs is 6. The highest BCUT2D eigenvalue weighted by Crippen LogP contribution is 2.46. The molecule has 3 aromatic carbocycles. The van der Waals surface area contributed by atoms with Crippen LogP contribution in [0.25, 0.3) is 21.9 Å². The Kier molecular flexibility index (Phi) is 3.68. The molecule has 5 aromatic rings. The molecule has 0 aliphatic carbocycles. The van der Waals surface area contributed by atoms with Gasteiger partial charge in [0.15, 0.2) is 0 Å². The van der Waals surface area contributed by atoms with Crippen LogP contribution in [0.15, 0.2) is 91.2 Å². The van der Waals surface area contributed by atoms with Gasteiger partial charge in [-0.15, -0.1) is 0 Å². The topological polar surface area (TPSA) is 72.5 Å². The van der Waals surface area contributed by atoms with Crippen LogP contribution in [0.5, 0.6) is 0 Å². The summed E-state index contributed by atoms with van der Waals surface area (Å²) in [4.78, 5) is 26.3. The predicted molar refractivity (Wildman–Crippen MR) is 120 cm³/mol. The van der Waals surface area contributed by atoms with Crippen molar-refractivity contribution in [2.24, 2.45) is 0 Å². The van der Waals surface area contributed by atoms with Gasteiger partial charge in [-0.25, -0.2) is 9.59 Å². The molecule has 5 nitrogen and oxygen atoms in total. The summed E-state index contributed by atoms with van der Waals surface area (Å²) in [6, 6.07) is 22.7. The number of rotatable bonds is 1. The second kappa shape index (κ2) is 6.44. The Morgan fingerprint density at radius 1 is 0.677 bits per heavy atom. The first kappa shape index (κ1) is 17.7. The number of nitrogens with one attached hydrogen (secondary N) is 1. The summed E-state index contributed by atoms with van der Waals surface area (Å²) in [6.45, 7) is 2.00. The lowest BCUT2D eigenvalue weighted by molar-refractivity contribution is 0.535. The maximum atomic E-state index is 13.2. The molecule has 5 heteroatoms. The summed E-state index contributed by atoms with van der Waals surface area (Å²) in [5.41, 5.74) is 4.15. The van der Waals surface area contributed by atoms with E-state index in [1.165, 1.54) is 0 Å². The molecule has 0 unspecified atom stereocenters. The van der Waals surface area contributed by atoms with Gasteiger partial charge < -0.3 is 14.2 Å². The molecule has 1 aliphatic rings. The Morgan fingerprint density at radius 3 is 1.68 bits per heavy atom. The number of hydrogen-bond donors (Lipinski definition) is 1. The van der Waals surface area contributed by atoms with Crippen molar-refractivity contribution in [3.05, 3.63) is 116 Å². The first-order chi connectivity index (χ1) is 15.1. The zero-order valence-electron chi connectivity index (χ0n) is 16.6. The Labute approximate surface area is 176 Å². The zero-order valence-corrected chi connectivity index (χ0v) is 16.6. The Balaban J connectivity index is 1.79. The summed E-state index contributed by atoms with van der Waals surface area (Å²) in [7, 11) is 0. The van der Waals surface area contributed by atoms with Crippen molar-refractivity contribution in [3.63, 3.8) is 0 Å². The molecule has 1 N–H and O–H groups in total. The maximum Gasteiger partial charge on any atom is 0.342 e. The summed E-state index contributed by atoms with van der Waals surface area (Å²) in [5.74, 6) is -0.603. The van der Waals surface area contributed by atoms with Crippen LogP contribution in [-0.2, 0) is 0 Å². The van der Waals surface area contributed by atoms with Gasteiger partial charge in [0.25, 0.3) is 0 Å². The molecule has 0 spiro atoms. The second-order valence-corrected chi connectivity index (χ2v) is 7.82. The van der Waals surface area contributed by atoms with Crippen molar-refractivity contribution < 1.29 is 8.83 Å². The van der Waals surface area contributed by atoms with Crippen molar-refractivity contribution in [3.8, 4) is 0 Å². The molecule has 0 saturated heterocycles. The van der Waals surface area contributed by atoms with Crippen molar-refractivity contribution in [2.75, 3.05) is 5.32 Å². The second-order valence-electron chi connectivity index (χ2n) is 7.82. The largest absolute Gasteiger partial charge is 0.422 e. The molecule has 0 saturated carbocycles. The smallest absolute Gasteiger partial charge is 0.342 e. The Hall–Kier alpha value is -4.12. The van der Waals surface area contributed by atoms with Crippen LogP contribution in [0.3, 0.4) is 0 Å². The third kappa shape index (κ3) is 2.56. The minimum Gasteiger partial charge on any atom is -0.422 e. The monoisotopic (exact) mass is 407 g/mol. The Morgan fingerprint density at radius 2 is 1.16 bits per heavy atom. The highest BCUT2D eigenvalue weighted by Gasteiger charge is 2.36. The molecule has 6 rings (SSSR count). The summed E-state index contributed by atoms with van der Waals surface area (Å²) >= 11 is 0. The van der Waals surface area contributed by atoms with E-state index >= 15 is 0 Å². The third-order valence-corrected chi connectivity index (χ3v) is 5.93. The van der Waals surface area contributed by atoms with E-state index in [0.29, 0.717) is 33.7 Å². The molecular weight excluding hydrogens is 390 g/mol. The van der Waals surface area contributed by atoms with E-state index in [9.17, 15) is 9.59 Å². The number of para-hydroxylation sites is 2. The van der Waals surface area contributed by atoms with Crippen LogP contribution in [-0.4, -0.2) is 0 Å². The van der Waals surface area contributed by atoms with Crippen LogP contribution >= 0.6 is 0 Å². The number of aryl methyl sites for hydroxylation is 1. The lowest BCUT2D eigenvalue weighted by Crippen LogP contribution is -2.27. The van der Waals surface area contributed by atoms with E-state index in [-0.39, 0.29) is 0 Å². The van der Waals surface area contributed by atoms with Crippen LogP contribution in [0, 0.1) is 6.92 Å². The SMILES string of the molecule is Cc1ccc(C2c3c(c4ccccc4oc3=O)Nc3c2c(=O)oc2ccccc32)cc1. The summed E-state index contributed by atoms with van der Waals surface area (Å²) in [6.07, 6.45) is 0. The average Bonchev–Trinajstić information content (AvgIpc) is 2.79. The highest BCUT2D eigenvalue weighted by molar-refractivity contribution is 6.02. The first-order valence-electron chi connectivity index (χ1n) is 10.1. The zero-order chi connectivity index (χ0) is 21.1. The van der Waals surface area contributed by atoms with E-state index in [0.717, 1.165) is 21.9 Å². The van der Waals surface area contributed by atoms with Gasteiger partial charge in [-0.05, 0) is 36.8 Å². The molecule has 0 atom stereocenters. The van der Waals surface area contributed by atoms with Crippen molar-refractivity contribution in [1.29, 1.82) is 0 Å². The average molecular weight is 407 g/mol. The molecular formula is C26H17NO4.